The van der Waals surface area contributed by atoms with E-state index in [0.717, 1.165) is 13.0 Å². The molecular formula is C28H30N4O4S. The van der Waals surface area contributed by atoms with Gasteiger partial charge in [0.25, 0.3) is 11.6 Å². The zero-order valence-electron chi connectivity index (χ0n) is 21.0. The maximum atomic E-state index is 13.7. The molecule has 0 unspecified atom stereocenters. The SMILES string of the molecule is Cc1ccccc1[C@H]1c2ccsc2CCN1[C@@H](C)C(=O)N1CCN(C(=O)c2cccc([N+](=O)[O-])c2)CC1. The van der Waals surface area contributed by atoms with Gasteiger partial charge in [0.05, 0.1) is 17.0 Å². The van der Waals surface area contributed by atoms with Crippen molar-refractivity contribution in [3.63, 3.8) is 0 Å². The first-order valence-electron chi connectivity index (χ1n) is 12.5. The molecule has 8 nitrogen and oxygen atoms in total. The molecule has 5 rings (SSSR count). The third kappa shape index (κ3) is 4.89. The zero-order chi connectivity index (χ0) is 26.1. The molecule has 2 aromatic carbocycles. The third-order valence-electron chi connectivity index (χ3n) is 7.52. The Labute approximate surface area is 220 Å². The molecule has 0 radical (unpaired) electrons. The second-order valence-electron chi connectivity index (χ2n) is 9.65. The molecule has 0 aliphatic carbocycles. The summed E-state index contributed by atoms with van der Waals surface area (Å²) < 4.78 is 0. The molecular weight excluding hydrogens is 488 g/mol. The van der Waals surface area contributed by atoms with Crippen molar-refractivity contribution in [1.82, 2.24) is 14.7 Å². The first-order valence-corrected chi connectivity index (χ1v) is 13.4. The quantitative estimate of drug-likeness (QED) is 0.372. The normalized spacial score (nSPS) is 18.8. The van der Waals surface area contributed by atoms with Gasteiger partial charge in [0.15, 0.2) is 0 Å². The molecule has 0 N–H and O–H groups in total. The van der Waals surface area contributed by atoms with E-state index in [1.807, 2.05) is 17.9 Å². The number of aryl methyl sites for hydroxylation is 1. The van der Waals surface area contributed by atoms with Crippen LogP contribution >= 0.6 is 11.3 Å². The highest BCUT2D eigenvalue weighted by atomic mass is 32.1. The number of non-ortho nitro benzene ring substituents is 1. The number of benzene rings is 2. The minimum Gasteiger partial charge on any atom is -0.338 e. The van der Waals surface area contributed by atoms with Crippen molar-refractivity contribution in [3.05, 3.63) is 97.2 Å². The van der Waals surface area contributed by atoms with Gasteiger partial charge in [-0.1, -0.05) is 30.3 Å². The van der Waals surface area contributed by atoms with Crippen molar-refractivity contribution < 1.29 is 14.5 Å². The van der Waals surface area contributed by atoms with Crippen molar-refractivity contribution in [2.24, 2.45) is 0 Å². The Bertz CT molecular complexity index is 1330. The van der Waals surface area contributed by atoms with E-state index in [1.165, 1.54) is 39.8 Å². The second-order valence-corrected chi connectivity index (χ2v) is 10.6. The van der Waals surface area contributed by atoms with Crippen molar-refractivity contribution in [2.45, 2.75) is 32.4 Å². The highest BCUT2D eigenvalue weighted by Crippen LogP contribution is 2.40. The Morgan fingerprint density at radius 1 is 0.973 bits per heavy atom. The Morgan fingerprint density at radius 3 is 2.43 bits per heavy atom. The van der Waals surface area contributed by atoms with E-state index in [4.69, 9.17) is 0 Å². The number of carbonyl (C=O) groups excluding carboxylic acids is 2. The summed E-state index contributed by atoms with van der Waals surface area (Å²) in [4.78, 5) is 44.4. The monoisotopic (exact) mass is 518 g/mol. The summed E-state index contributed by atoms with van der Waals surface area (Å²) >= 11 is 1.79. The lowest BCUT2D eigenvalue weighted by Crippen LogP contribution is -2.56. The third-order valence-corrected chi connectivity index (χ3v) is 8.52. The Balaban J connectivity index is 1.29. The summed E-state index contributed by atoms with van der Waals surface area (Å²) in [6.45, 7) is 6.60. The van der Waals surface area contributed by atoms with Gasteiger partial charge in [-0.3, -0.25) is 24.6 Å². The number of amides is 2. The largest absolute Gasteiger partial charge is 0.338 e. The lowest BCUT2D eigenvalue weighted by atomic mass is 9.89. The van der Waals surface area contributed by atoms with E-state index in [0.29, 0.717) is 31.7 Å². The Hall–Kier alpha value is -3.56. The van der Waals surface area contributed by atoms with E-state index < -0.39 is 4.92 Å². The van der Waals surface area contributed by atoms with Crippen LogP contribution in [0.25, 0.3) is 0 Å². The molecule has 1 aromatic heterocycles. The zero-order valence-corrected chi connectivity index (χ0v) is 21.8. The molecule has 0 saturated carbocycles. The summed E-state index contributed by atoms with van der Waals surface area (Å²) in [5.41, 5.74) is 3.92. The molecule has 2 atom stereocenters. The number of hydrogen-bond acceptors (Lipinski definition) is 6. The van der Waals surface area contributed by atoms with E-state index in [2.05, 4.69) is 41.5 Å². The fraction of sp³-hybridized carbons (Fsp3) is 0.357. The molecule has 3 heterocycles. The minimum absolute atomic E-state index is 0.0342. The summed E-state index contributed by atoms with van der Waals surface area (Å²) in [5, 5.41) is 13.2. The van der Waals surface area contributed by atoms with Crippen LogP contribution in [0.3, 0.4) is 0 Å². The fourth-order valence-electron chi connectivity index (χ4n) is 5.46. The van der Waals surface area contributed by atoms with E-state index >= 15 is 0 Å². The summed E-state index contributed by atoms with van der Waals surface area (Å²) in [7, 11) is 0. The predicted octanol–water partition coefficient (Wildman–Crippen LogP) is 4.29. The first-order chi connectivity index (χ1) is 17.8. The molecule has 192 valence electrons. The lowest BCUT2D eigenvalue weighted by Gasteiger charge is -2.43. The average Bonchev–Trinajstić information content (AvgIpc) is 3.41. The number of thiophene rings is 1. The van der Waals surface area contributed by atoms with Crippen LogP contribution in [0.2, 0.25) is 0 Å². The molecule has 9 heteroatoms. The maximum absolute atomic E-state index is 13.7. The topological polar surface area (TPSA) is 87.0 Å². The molecule has 2 aliphatic heterocycles. The molecule has 3 aromatic rings. The molecule has 2 aliphatic rings. The average molecular weight is 519 g/mol. The summed E-state index contributed by atoms with van der Waals surface area (Å²) in [6.07, 6.45) is 0.929. The number of fused-ring (bicyclic) bond motifs is 1. The van der Waals surface area contributed by atoms with E-state index in [9.17, 15) is 19.7 Å². The highest BCUT2D eigenvalue weighted by Gasteiger charge is 2.38. The highest BCUT2D eigenvalue weighted by molar-refractivity contribution is 7.10. The van der Waals surface area contributed by atoms with Crippen molar-refractivity contribution >= 4 is 28.8 Å². The van der Waals surface area contributed by atoms with Gasteiger partial charge >= 0.3 is 0 Å². The van der Waals surface area contributed by atoms with Gasteiger partial charge < -0.3 is 9.80 Å². The number of rotatable bonds is 5. The number of nitro benzene ring substituents is 1. The van der Waals surface area contributed by atoms with Crippen molar-refractivity contribution in [2.75, 3.05) is 32.7 Å². The number of nitro groups is 1. The van der Waals surface area contributed by atoms with Crippen LogP contribution < -0.4 is 0 Å². The van der Waals surface area contributed by atoms with Gasteiger partial charge in [-0.05, 0) is 54.5 Å². The van der Waals surface area contributed by atoms with Crippen molar-refractivity contribution in [3.8, 4) is 0 Å². The summed E-state index contributed by atoms with van der Waals surface area (Å²) in [5.74, 6) is -0.177. The van der Waals surface area contributed by atoms with Gasteiger partial charge in [-0.2, -0.15) is 0 Å². The predicted molar refractivity (Wildman–Crippen MR) is 143 cm³/mol. The van der Waals surface area contributed by atoms with Crippen LogP contribution in [0.1, 0.15) is 44.9 Å². The van der Waals surface area contributed by atoms with Gasteiger partial charge in [0.1, 0.15) is 0 Å². The van der Waals surface area contributed by atoms with Crippen molar-refractivity contribution in [1.29, 1.82) is 0 Å². The van der Waals surface area contributed by atoms with Crippen LogP contribution in [0, 0.1) is 17.0 Å². The lowest BCUT2D eigenvalue weighted by molar-refractivity contribution is -0.384. The van der Waals surface area contributed by atoms with Gasteiger partial charge in [-0.15, -0.1) is 11.3 Å². The van der Waals surface area contributed by atoms with Crippen LogP contribution in [-0.4, -0.2) is 70.2 Å². The molecule has 1 fully saturated rings. The molecule has 37 heavy (non-hydrogen) atoms. The number of hydrogen-bond donors (Lipinski definition) is 0. The van der Waals surface area contributed by atoms with E-state index in [1.54, 1.807) is 22.3 Å². The minimum atomic E-state index is -0.501. The van der Waals surface area contributed by atoms with Crippen LogP contribution in [0.4, 0.5) is 5.69 Å². The summed E-state index contributed by atoms with van der Waals surface area (Å²) in [6, 6.07) is 16.1. The molecule has 1 saturated heterocycles. The Kier molecular flexibility index (Phi) is 7.08. The van der Waals surface area contributed by atoms with E-state index in [-0.39, 0.29) is 29.6 Å². The molecule has 0 bridgehead atoms. The van der Waals surface area contributed by atoms with Gasteiger partial charge in [-0.25, -0.2) is 0 Å². The Morgan fingerprint density at radius 2 is 1.70 bits per heavy atom. The van der Waals surface area contributed by atoms with Crippen LogP contribution in [0.5, 0.6) is 0 Å². The van der Waals surface area contributed by atoms with Gasteiger partial charge in [0, 0.05) is 55.3 Å². The maximum Gasteiger partial charge on any atom is 0.270 e. The number of piperazine rings is 1. The number of nitrogens with zero attached hydrogens (tertiary/aromatic N) is 4. The standard InChI is InChI=1S/C28H30N4O4S/c1-19-6-3-4-9-23(19)26-24-11-17-37-25(24)10-12-31(26)20(2)27(33)29-13-15-30(16-14-29)28(34)21-7-5-8-22(18-21)32(35)36/h3-9,11,17-18,20,26H,10,12-16H2,1-2H3/t20-,26-/m0/s1. The smallest absolute Gasteiger partial charge is 0.270 e. The number of carbonyl (C=O) groups is 2. The molecule has 0 spiro atoms. The second kappa shape index (κ2) is 10.4. The fourth-order valence-corrected chi connectivity index (χ4v) is 6.37. The van der Waals surface area contributed by atoms with Crippen LogP contribution in [0.15, 0.2) is 60.0 Å². The first kappa shape index (κ1) is 25.1. The van der Waals surface area contributed by atoms with Crippen LogP contribution in [-0.2, 0) is 11.2 Å². The van der Waals surface area contributed by atoms with Gasteiger partial charge in [0.2, 0.25) is 5.91 Å². The molecule has 2 amide bonds.